The summed E-state index contributed by atoms with van der Waals surface area (Å²) < 4.78 is 0. The molecule has 1 heterocycles. The number of thiocarbonyl (C=S) groups is 1. The van der Waals surface area contributed by atoms with E-state index in [1.165, 1.54) is 0 Å². The fourth-order valence-corrected chi connectivity index (χ4v) is 2.00. The van der Waals surface area contributed by atoms with Crippen LogP contribution in [0.15, 0.2) is 36.5 Å². The van der Waals surface area contributed by atoms with Gasteiger partial charge in [-0.15, -0.1) is 0 Å². The molecule has 0 radical (unpaired) electrons. The Morgan fingerprint density at radius 2 is 2.11 bits per heavy atom. The zero-order valence-corrected chi connectivity index (χ0v) is 11.6. The van der Waals surface area contributed by atoms with Crippen LogP contribution in [-0.4, -0.2) is 33.9 Å². The summed E-state index contributed by atoms with van der Waals surface area (Å²) in [5.74, 6) is -0.112. The molecule has 1 amide bonds. The van der Waals surface area contributed by atoms with Gasteiger partial charge < -0.3 is 10.6 Å². The van der Waals surface area contributed by atoms with Gasteiger partial charge in [-0.25, -0.2) is 0 Å². The standard InChI is InChI=1S/C14H15N3OS/c1-9(13(15)19)17(2)14(18)11-5-3-7-12-10(11)6-4-8-16-12/h3-9H,1-2H3,(H2,15,19). The van der Waals surface area contributed by atoms with E-state index in [1.807, 2.05) is 31.2 Å². The zero-order chi connectivity index (χ0) is 14.0. The predicted molar refractivity (Wildman–Crippen MR) is 80.1 cm³/mol. The summed E-state index contributed by atoms with van der Waals surface area (Å²) >= 11 is 4.93. The quantitative estimate of drug-likeness (QED) is 0.869. The minimum absolute atomic E-state index is 0.112. The summed E-state index contributed by atoms with van der Waals surface area (Å²) in [5.41, 5.74) is 6.99. The summed E-state index contributed by atoms with van der Waals surface area (Å²) in [4.78, 5) is 18.6. The van der Waals surface area contributed by atoms with Crippen molar-refractivity contribution in [1.82, 2.24) is 9.88 Å². The van der Waals surface area contributed by atoms with E-state index in [1.54, 1.807) is 24.2 Å². The highest BCUT2D eigenvalue weighted by molar-refractivity contribution is 7.80. The van der Waals surface area contributed by atoms with Gasteiger partial charge in [0.15, 0.2) is 0 Å². The Hall–Kier alpha value is -2.01. The molecular formula is C14H15N3OS. The summed E-state index contributed by atoms with van der Waals surface area (Å²) in [6.07, 6.45) is 1.71. The molecule has 2 rings (SSSR count). The number of aromatic nitrogens is 1. The van der Waals surface area contributed by atoms with Crippen molar-refractivity contribution < 1.29 is 4.79 Å². The van der Waals surface area contributed by atoms with Crippen LogP contribution >= 0.6 is 12.2 Å². The van der Waals surface area contributed by atoms with Gasteiger partial charge >= 0.3 is 0 Å². The van der Waals surface area contributed by atoms with Crippen molar-refractivity contribution in [2.24, 2.45) is 5.73 Å². The third kappa shape index (κ3) is 2.56. The van der Waals surface area contributed by atoms with Gasteiger partial charge in [0.05, 0.1) is 16.5 Å². The molecule has 5 heteroatoms. The molecule has 0 bridgehead atoms. The lowest BCUT2D eigenvalue weighted by atomic mass is 10.1. The van der Waals surface area contributed by atoms with Crippen LogP contribution in [0.4, 0.5) is 0 Å². The average Bonchev–Trinajstić information content (AvgIpc) is 2.44. The van der Waals surface area contributed by atoms with Crippen molar-refractivity contribution in [3.05, 3.63) is 42.1 Å². The van der Waals surface area contributed by atoms with Crippen LogP contribution in [0.5, 0.6) is 0 Å². The Kier molecular flexibility index (Phi) is 3.76. The van der Waals surface area contributed by atoms with Gasteiger partial charge in [-0.3, -0.25) is 9.78 Å². The van der Waals surface area contributed by atoms with Gasteiger partial charge in [0.25, 0.3) is 5.91 Å². The van der Waals surface area contributed by atoms with Crippen LogP contribution in [0.25, 0.3) is 10.9 Å². The third-order valence-electron chi connectivity index (χ3n) is 3.19. The number of amides is 1. The SMILES string of the molecule is CC(C(N)=S)N(C)C(=O)c1cccc2ncccc12. The lowest BCUT2D eigenvalue weighted by Crippen LogP contribution is -2.42. The Bertz CT molecular complexity index is 636. The van der Waals surface area contributed by atoms with Crippen molar-refractivity contribution in [2.75, 3.05) is 7.05 Å². The molecule has 4 nitrogen and oxygen atoms in total. The summed E-state index contributed by atoms with van der Waals surface area (Å²) in [6, 6.07) is 8.90. The number of likely N-dealkylation sites (N-methyl/N-ethyl adjacent to an activating group) is 1. The summed E-state index contributed by atoms with van der Waals surface area (Å²) in [6.45, 7) is 1.81. The fourth-order valence-electron chi connectivity index (χ4n) is 1.85. The molecule has 2 aromatic rings. The van der Waals surface area contributed by atoms with E-state index in [-0.39, 0.29) is 11.9 Å². The topological polar surface area (TPSA) is 59.2 Å². The maximum absolute atomic E-state index is 12.5. The highest BCUT2D eigenvalue weighted by Gasteiger charge is 2.20. The van der Waals surface area contributed by atoms with Gasteiger partial charge in [0.1, 0.15) is 0 Å². The molecule has 0 saturated carbocycles. The maximum atomic E-state index is 12.5. The molecule has 0 aliphatic rings. The zero-order valence-electron chi connectivity index (χ0n) is 10.8. The third-order valence-corrected chi connectivity index (χ3v) is 3.53. The van der Waals surface area contributed by atoms with Crippen molar-refractivity contribution >= 4 is 34.0 Å². The van der Waals surface area contributed by atoms with Gasteiger partial charge in [-0.2, -0.15) is 0 Å². The molecule has 2 N–H and O–H groups in total. The Morgan fingerprint density at radius 3 is 2.79 bits per heavy atom. The van der Waals surface area contributed by atoms with Crippen molar-refractivity contribution in [3.63, 3.8) is 0 Å². The normalized spacial score (nSPS) is 12.1. The first-order valence-corrected chi connectivity index (χ1v) is 6.33. The molecule has 0 fully saturated rings. The van der Waals surface area contributed by atoms with Crippen LogP contribution < -0.4 is 5.73 Å². The lowest BCUT2D eigenvalue weighted by Gasteiger charge is -2.24. The van der Waals surface area contributed by atoms with Crippen LogP contribution in [0, 0.1) is 0 Å². The Labute approximate surface area is 117 Å². The number of nitrogens with two attached hydrogens (primary N) is 1. The molecule has 0 aliphatic heterocycles. The van der Waals surface area contributed by atoms with E-state index in [4.69, 9.17) is 18.0 Å². The van der Waals surface area contributed by atoms with Crippen molar-refractivity contribution in [2.45, 2.75) is 13.0 Å². The smallest absolute Gasteiger partial charge is 0.254 e. The number of pyridine rings is 1. The van der Waals surface area contributed by atoms with Gasteiger partial charge in [-0.05, 0) is 25.1 Å². The molecule has 19 heavy (non-hydrogen) atoms. The first kappa shape index (κ1) is 13.4. The molecule has 0 saturated heterocycles. The van der Waals surface area contributed by atoms with Gasteiger partial charge in [-0.1, -0.05) is 24.4 Å². The molecule has 1 aromatic heterocycles. The van der Waals surface area contributed by atoms with Crippen molar-refractivity contribution in [3.8, 4) is 0 Å². The molecule has 98 valence electrons. The van der Waals surface area contributed by atoms with Crippen molar-refractivity contribution in [1.29, 1.82) is 0 Å². The van der Waals surface area contributed by atoms with Crippen LogP contribution in [0.1, 0.15) is 17.3 Å². The number of nitrogens with zero attached hydrogens (tertiary/aromatic N) is 2. The summed E-state index contributed by atoms with van der Waals surface area (Å²) in [5, 5.41) is 0.831. The number of benzene rings is 1. The van der Waals surface area contributed by atoms with E-state index in [9.17, 15) is 4.79 Å². The first-order chi connectivity index (χ1) is 9.02. The van der Waals surface area contributed by atoms with E-state index >= 15 is 0 Å². The minimum atomic E-state index is -0.283. The Morgan fingerprint density at radius 1 is 1.37 bits per heavy atom. The van der Waals surface area contributed by atoms with E-state index < -0.39 is 0 Å². The van der Waals surface area contributed by atoms with Crippen LogP contribution in [0.2, 0.25) is 0 Å². The molecule has 1 atom stereocenters. The molecule has 1 unspecified atom stereocenters. The predicted octanol–water partition coefficient (Wildman–Crippen LogP) is 1.98. The number of hydrogen-bond acceptors (Lipinski definition) is 3. The van der Waals surface area contributed by atoms with E-state index in [0.29, 0.717) is 10.6 Å². The molecule has 0 spiro atoms. The van der Waals surface area contributed by atoms with Gasteiger partial charge in [0.2, 0.25) is 0 Å². The second kappa shape index (κ2) is 5.32. The molecular weight excluding hydrogens is 258 g/mol. The average molecular weight is 273 g/mol. The fraction of sp³-hybridized carbons (Fsp3) is 0.214. The monoisotopic (exact) mass is 273 g/mol. The number of hydrogen-bond donors (Lipinski definition) is 1. The van der Waals surface area contributed by atoms with E-state index in [0.717, 1.165) is 10.9 Å². The van der Waals surface area contributed by atoms with Crippen LogP contribution in [0.3, 0.4) is 0 Å². The Balaban J connectivity index is 2.44. The molecule has 1 aromatic carbocycles. The lowest BCUT2D eigenvalue weighted by molar-refractivity contribution is 0.0781. The number of carbonyl (C=O) groups excluding carboxylic acids is 1. The highest BCUT2D eigenvalue weighted by atomic mass is 32.1. The minimum Gasteiger partial charge on any atom is -0.392 e. The van der Waals surface area contributed by atoms with Crippen LogP contribution in [-0.2, 0) is 0 Å². The largest absolute Gasteiger partial charge is 0.392 e. The second-order valence-corrected chi connectivity index (χ2v) is 4.84. The number of carbonyl (C=O) groups is 1. The van der Waals surface area contributed by atoms with E-state index in [2.05, 4.69) is 4.98 Å². The number of fused-ring (bicyclic) bond motifs is 1. The number of rotatable bonds is 3. The molecule has 0 aliphatic carbocycles. The van der Waals surface area contributed by atoms with Gasteiger partial charge in [0, 0.05) is 24.2 Å². The maximum Gasteiger partial charge on any atom is 0.254 e. The second-order valence-electron chi connectivity index (χ2n) is 4.37. The summed E-state index contributed by atoms with van der Waals surface area (Å²) in [7, 11) is 1.70. The first-order valence-electron chi connectivity index (χ1n) is 5.92. The highest BCUT2D eigenvalue weighted by Crippen LogP contribution is 2.18.